The average molecular weight is 526 g/mol. The third kappa shape index (κ3) is 3.17. The molecule has 0 aromatic heterocycles. The molecular weight excluding hydrogens is 474 g/mol. The van der Waals surface area contributed by atoms with Crippen molar-refractivity contribution in [3.05, 3.63) is 11.6 Å². The second-order valence-corrected chi connectivity index (χ2v) is 16.6. The van der Waals surface area contributed by atoms with Crippen LogP contribution in [0, 0.1) is 56.2 Å². The summed E-state index contributed by atoms with van der Waals surface area (Å²) in [6.45, 7) is 17.9. The quantitative estimate of drug-likeness (QED) is 0.359. The fourth-order valence-electron chi connectivity index (χ4n) is 12.0. The van der Waals surface area contributed by atoms with E-state index in [9.17, 15) is 14.7 Å². The fraction of sp³-hybridized carbons (Fsp3) is 0.879. The number of ether oxygens (including phenoxy) is 1. The maximum absolute atomic E-state index is 12.9. The molecule has 0 radical (unpaired) electrons. The average Bonchev–Trinajstić information content (AvgIpc) is 2.80. The molecule has 5 aliphatic carbocycles. The number of carbonyl (C=O) groups excluding carboxylic acids is 1. The number of rotatable bonds is 1. The number of carbonyl (C=O) groups is 2. The largest absolute Gasteiger partial charge is 0.481 e. The monoisotopic (exact) mass is 525 g/mol. The Bertz CT molecular complexity index is 1090. The van der Waals surface area contributed by atoms with Crippen molar-refractivity contribution in [3.8, 4) is 0 Å². The summed E-state index contributed by atoms with van der Waals surface area (Å²) in [7, 11) is 1.88. The smallest absolute Gasteiger partial charge is 0.409 e. The number of fused-ring (bicyclic) bond motifs is 8. The fourth-order valence-corrected chi connectivity index (χ4v) is 12.0. The lowest BCUT2D eigenvalue weighted by molar-refractivity contribution is -0.228. The van der Waals surface area contributed by atoms with E-state index in [4.69, 9.17) is 4.74 Å². The lowest BCUT2D eigenvalue weighted by atomic mass is 9.33. The molecular formula is C33H51NO4. The Balaban J connectivity index is 1.42. The summed E-state index contributed by atoms with van der Waals surface area (Å²) in [4.78, 5) is 27.2. The van der Waals surface area contributed by atoms with Gasteiger partial charge in [-0.15, -0.1) is 0 Å². The zero-order chi connectivity index (χ0) is 27.7. The molecule has 38 heavy (non-hydrogen) atoms. The topological polar surface area (TPSA) is 66.8 Å². The van der Waals surface area contributed by atoms with Gasteiger partial charge in [0.2, 0.25) is 0 Å². The van der Waals surface area contributed by atoms with Crippen molar-refractivity contribution >= 4 is 12.1 Å². The van der Waals surface area contributed by atoms with Crippen LogP contribution in [-0.4, -0.2) is 41.8 Å². The Morgan fingerprint density at radius 2 is 1.66 bits per heavy atom. The summed E-state index contributed by atoms with van der Waals surface area (Å²) in [6.07, 6.45) is 11.5. The first-order valence-corrected chi connectivity index (χ1v) is 15.4. The number of hydrogen-bond donors (Lipinski definition) is 1. The number of nitrogens with zero attached hydrogens (tertiary/aromatic N) is 1. The van der Waals surface area contributed by atoms with E-state index >= 15 is 0 Å². The lowest BCUT2D eigenvalue weighted by Crippen LogP contribution is -2.68. The third-order valence-corrected chi connectivity index (χ3v) is 14.1. The van der Waals surface area contributed by atoms with Crippen LogP contribution in [0.25, 0.3) is 0 Å². The number of carboxylic acids is 1. The predicted molar refractivity (Wildman–Crippen MR) is 148 cm³/mol. The van der Waals surface area contributed by atoms with Crippen molar-refractivity contribution in [2.24, 2.45) is 56.2 Å². The maximum atomic E-state index is 12.9. The zero-order valence-corrected chi connectivity index (χ0v) is 25.2. The summed E-state index contributed by atoms with van der Waals surface area (Å²) < 4.78 is 6.11. The Kier molecular flexibility index (Phi) is 5.49. The highest BCUT2D eigenvalue weighted by atomic mass is 16.6. The zero-order valence-electron chi connectivity index (χ0n) is 25.2. The van der Waals surface area contributed by atoms with Crippen molar-refractivity contribution in [3.63, 3.8) is 0 Å². The predicted octanol–water partition coefficient (Wildman–Crippen LogP) is 7.55. The highest BCUT2D eigenvalue weighted by molar-refractivity contribution is 5.76. The Labute approximate surface area is 230 Å². The molecule has 0 aromatic rings. The van der Waals surface area contributed by atoms with E-state index in [1.807, 2.05) is 7.05 Å². The van der Waals surface area contributed by atoms with E-state index in [1.54, 1.807) is 4.90 Å². The minimum absolute atomic E-state index is 0.00533. The van der Waals surface area contributed by atoms with Gasteiger partial charge in [-0.1, -0.05) is 60.1 Å². The first-order valence-electron chi connectivity index (χ1n) is 15.4. The van der Waals surface area contributed by atoms with Gasteiger partial charge in [-0.2, -0.15) is 0 Å². The summed E-state index contributed by atoms with van der Waals surface area (Å²) in [6, 6.07) is 0. The summed E-state index contributed by atoms with van der Waals surface area (Å²) >= 11 is 0. The Morgan fingerprint density at radius 3 is 2.34 bits per heavy atom. The van der Waals surface area contributed by atoms with Gasteiger partial charge in [-0.3, -0.25) is 4.79 Å². The van der Waals surface area contributed by atoms with Crippen molar-refractivity contribution in [2.45, 2.75) is 112 Å². The van der Waals surface area contributed by atoms with Gasteiger partial charge in [0, 0.05) is 24.9 Å². The van der Waals surface area contributed by atoms with Gasteiger partial charge in [0.15, 0.2) is 0 Å². The van der Waals surface area contributed by atoms with E-state index < -0.39 is 11.4 Å². The van der Waals surface area contributed by atoms with Gasteiger partial charge in [-0.25, -0.2) is 4.79 Å². The van der Waals surface area contributed by atoms with Crippen LogP contribution in [-0.2, 0) is 9.53 Å². The molecule has 5 heteroatoms. The van der Waals surface area contributed by atoms with Gasteiger partial charge in [0.05, 0.1) is 5.41 Å². The molecule has 1 saturated heterocycles. The second kappa shape index (κ2) is 7.81. The maximum Gasteiger partial charge on any atom is 0.409 e. The molecule has 4 saturated carbocycles. The van der Waals surface area contributed by atoms with E-state index in [0.29, 0.717) is 17.8 Å². The van der Waals surface area contributed by atoms with Crippen molar-refractivity contribution in [2.75, 3.05) is 13.6 Å². The molecule has 0 spiro atoms. The van der Waals surface area contributed by atoms with E-state index in [2.05, 4.69) is 54.5 Å². The Morgan fingerprint density at radius 1 is 0.974 bits per heavy atom. The van der Waals surface area contributed by atoms with Gasteiger partial charge >= 0.3 is 12.1 Å². The molecule has 0 aromatic carbocycles. The van der Waals surface area contributed by atoms with Gasteiger partial charge < -0.3 is 14.7 Å². The molecule has 6 rings (SSSR count). The van der Waals surface area contributed by atoms with E-state index in [-0.39, 0.29) is 45.2 Å². The molecule has 1 aliphatic heterocycles. The first kappa shape index (κ1) is 26.7. The van der Waals surface area contributed by atoms with Crippen molar-refractivity contribution in [1.82, 2.24) is 4.90 Å². The van der Waals surface area contributed by atoms with Gasteiger partial charge in [0.25, 0.3) is 0 Å². The molecule has 1 N–H and O–H groups in total. The number of hydrogen-bond acceptors (Lipinski definition) is 3. The highest BCUT2D eigenvalue weighted by Gasteiger charge is 2.70. The van der Waals surface area contributed by atoms with Crippen LogP contribution in [0.15, 0.2) is 11.6 Å². The van der Waals surface area contributed by atoms with Crippen molar-refractivity contribution < 1.29 is 19.4 Å². The molecule has 6 aliphatic rings. The summed E-state index contributed by atoms with van der Waals surface area (Å²) in [5.74, 6) is 1.03. The second-order valence-electron chi connectivity index (χ2n) is 16.6. The van der Waals surface area contributed by atoms with Crippen LogP contribution in [0.2, 0.25) is 0 Å². The SMILES string of the molecule is CN1C[C@@H]2C[C@]3(C)[C@H]4CC=C5[C@@H]6CC(C)(C)CC[C@]6(C(=O)O)CC[C@@]5(C)[C@]4(C)CC[C@H]3C(C)(C)[C@H]2OC1=O. The van der Waals surface area contributed by atoms with Crippen molar-refractivity contribution in [1.29, 1.82) is 0 Å². The van der Waals surface area contributed by atoms with Crippen LogP contribution < -0.4 is 0 Å². The normalized spacial score (nSPS) is 50.7. The van der Waals surface area contributed by atoms with Gasteiger partial charge in [-0.05, 0) is 97.2 Å². The summed E-state index contributed by atoms with van der Waals surface area (Å²) in [5.41, 5.74) is 1.41. The molecule has 1 heterocycles. The molecule has 1 amide bonds. The lowest BCUT2D eigenvalue weighted by Gasteiger charge is -2.72. The first-order chi connectivity index (χ1) is 17.5. The van der Waals surface area contributed by atoms with Crippen LogP contribution in [0.4, 0.5) is 4.79 Å². The molecule has 0 bridgehead atoms. The number of amides is 1. The van der Waals surface area contributed by atoms with Crippen LogP contribution in [0.1, 0.15) is 106 Å². The minimum Gasteiger partial charge on any atom is -0.481 e. The number of allylic oxidation sites excluding steroid dienone is 2. The van der Waals surface area contributed by atoms with Gasteiger partial charge in [0.1, 0.15) is 6.10 Å². The highest BCUT2D eigenvalue weighted by Crippen LogP contribution is 2.76. The molecule has 212 valence electrons. The third-order valence-electron chi connectivity index (χ3n) is 14.1. The van der Waals surface area contributed by atoms with E-state index in [1.165, 1.54) is 12.0 Å². The van der Waals surface area contributed by atoms with Crippen LogP contribution in [0.5, 0.6) is 0 Å². The standard InChI is InChI=1S/C33H51NO4/c1-28(2)13-15-33(26(35)36)16-14-31(6)21(22(33)18-28)9-10-24-30(5)17-20-19-34(8)27(37)38-25(20)29(3,4)23(30)11-12-32(24,31)7/h9,20,22-25H,10-19H2,1-8H3,(H,35,36)/t20-,22-,23-,24+,25-,30-,31+,32+,33-/m0/s1. The molecule has 0 unspecified atom stereocenters. The summed E-state index contributed by atoms with van der Waals surface area (Å²) in [5, 5.41) is 10.6. The van der Waals surface area contributed by atoms with Crippen LogP contribution >= 0.6 is 0 Å². The molecule has 5 nitrogen and oxygen atoms in total. The minimum atomic E-state index is -0.582. The van der Waals surface area contributed by atoms with E-state index in [0.717, 1.165) is 57.9 Å². The van der Waals surface area contributed by atoms with Crippen LogP contribution in [0.3, 0.4) is 0 Å². The Hall–Kier alpha value is -1.52. The number of aliphatic carboxylic acids is 1. The molecule has 5 fully saturated rings. The molecule has 9 atom stereocenters. The number of carboxylic acid groups (broad SMARTS) is 1.